The summed E-state index contributed by atoms with van der Waals surface area (Å²) in [5.41, 5.74) is -0.462. The largest absolute Gasteiger partial charge is 0.420 e. The van der Waals surface area contributed by atoms with E-state index in [0.717, 1.165) is 0 Å². The Morgan fingerprint density at radius 3 is 0.487 bits per heavy atom. The van der Waals surface area contributed by atoms with Crippen LogP contribution in [0, 0.1) is 0 Å². The van der Waals surface area contributed by atoms with Crippen LogP contribution in [-0.2, 0) is 34.0 Å². The predicted molar refractivity (Wildman–Crippen MR) is 304 cm³/mol. The van der Waals surface area contributed by atoms with Crippen molar-refractivity contribution in [2.24, 2.45) is 0 Å². The number of hydrogen-bond acceptors (Lipinski definition) is 4. The summed E-state index contributed by atoms with van der Waals surface area (Å²) in [5, 5.41) is 0. The van der Waals surface area contributed by atoms with E-state index in [2.05, 4.69) is 0 Å². The van der Waals surface area contributed by atoms with Crippen molar-refractivity contribution >= 4 is 68.2 Å². The third-order valence-electron chi connectivity index (χ3n) is 17.4. The van der Waals surface area contributed by atoms with E-state index < -0.39 is 67.9 Å². The molecule has 0 unspecified atom stereocenters. The van der Waals surface area contributed by atoms with E-state index in [0.29, 0.717) is 90.0 Å². The van der Waals surface area contributed by atoms with Crippen LogP contribution in [0.4, 0.5) is 94.6 Å². The number of fused-ring (bicyclic) bond motifs is 8. The third kappa shape index (κ3) is 6.73. The van der Waals surface area contributed by atoms with Crippen LogP contribution in [0.25, 0.3) is 0 Å². The number of halogens is 6. The van der Waals surface area contributed by atoms with Crippen LogP contribution in [0.1, 0.15) is 111 Å². The Morgan fingerprint density at radius 1 is 0.231 bits per heavy atom. The minimum Gasteiger partial charge on any atom is -0.307 e. The lowest BCUT2D eigenvalue weighted by Crippen LogP contribution is -2.38. The number of nitrogens with zero attached hydrogens (tertiary/aromatic N) is 4. The van der Waals surface area contributed by atoms with Crippen LogP contribution in [-0.4, -0.2) is 0 Å². The molecule has 0 bridgehead atoms. The van der Waals surface area contributed by atoms with Gasteiger partial charge in [-0.15, -0.1) is 0 Å². The summed E-state index contributed by atoms with van der Waals surface area (Å²) in [5.74, 6) is 0. The minimum absolute atomic E-state index is 0.328. The molecule has 78 heavy (non-hydrogen) atoms. The van der Waals surface area contributed by atoms with Gasteiger partial charge in [-0.05, 0) is 93.0 Å². The summed E-state index contributed by atoms with van der Waals surface area (Å²) < 4.78 is 112. The van der Waals surface area contributed by atoms with Crippen molar-refractivity contribution in [3.8, 4) is 0 Å². The summed E-state index contributed by atoms with van der Waals surface area (Å²) in [7, 11) is 0. The number of rotatable bonds is 4. The van der Waals surface area contributed by atoms with Crippen LogP contribution >= 0.6 is 0 Å². The second-order valence-electron chi connectivity index (χ2n) is 23.1. The lowest BCUT2D eigenvalue weighted by Gasteiger charge is -2.50. The van der Waals surface area contributed by atoms with Crippen LogP contribution in [0.5, 0.6) is 0 Å². The average molecular weight is 1040 g/mol. The van der Waals surface area contributed by atoms with Gasteiger partial charge in [0.2, 0.25) is 0 Å². The van der Waals surface area contributed by atoms with E-state index in [4.69, 9.17) is 0 Å². The van der Waals surface area contributed by atoms with Crippen LogP contribution in [0.3, 0.4) is 0 Å². The molecule has 10 heteroatoms. The van der Waals surface area contributed by atoms with Crippen molar-refractivity contribution in [2.75, 3.05) is 19.6 Å². The molecule has 0 radical (unpaired) electrons. The quantitative estimate of drug-likeness (QED) is 0.163. The fraction of sp³-hybridized carbons (Fsp3) is 0.206. The molecule has 4 aliphatic rings. The molecule has 0 amide bonds. The van der Waals surface area contributed by atoms with Crippen molar-refractivity contribution < 1.29 is 26.3 Å². The first-order valence-electron chi connectivity index (χ1n) is 26.4. The van der Waals surface area contributed by atoms with Crippen molar-refractivity contribution in [3.05, 3.63) is 250 Å². The summed E-state index contributed by atoms with van der Waals surface area (Å²) >= 11 is 0. The first kappa shape index (κ1) is 49.3. The monoisotopic (exact) mass is 1040 g/mol. The van der Waals surface area contributed by atoms with Crippen LogP contribution in [0.2, 0.25) is 0 Å². The molecule has 390 valence electrons. The van der Waals surface area contributed by atoms with Crippen molar-refractivity contribution in [1.82, 2.24) is 0 Å². The van der Waals surface area contributed by atoms with Gasteiger partial charge >= 0.3 is 12.4 Å². The summed E-state index contributed by atoms with van der Waals surface area (Å²) in [6.45, 7) is 16.1. The summed E-state index contributed by atoms with van der Waals surface area (Å²) in [6, 6.07) is 57.6. The van der Waals surface area contributed by atoms with Gasteiger partial charge < -0.3 is 19.6 Å². The third-order valence-corrected chi connectivity index (χ3v) is 17.4. The molecular formula is C68H56F6N4. The Balaban J connectivity index is 1.36. The normalized spacial score (nSPS) is 16.9. The van der Waals surface area contributed by atoms with Crippen molar-refractivity contribution in [2.45, 2.75) is 89.4 Å². The predicted octanol–water partition coefficient (Wildman–Crippen LogP) is 20.2. The fourth-order valence-electron chi connectivity index (χ4n) is 13.7. The highest BCUT2D eigenvalue weighted by molar-refractivity contribution is 6.10. The van der Waals surface area contributed by atoms with E-state index in [1.807, 2.05) is 152 Å². The first-order valence-corrected chi connectivity index (χ1v) is 26.4. The second kappa shape index (κ2) is 16.6. The molecule has 13 rings (SSSR count). The molecule has 0 aliphatic carbocycles. The number of para-hydroxylation sites is 8. The number of alkyl halides is 6. The standard InChI is InChI=1S/C68H56F6N4/c1-63(2)41-25-9-17-33-49(41)75(50-34-18-10-26-42(50)63)59-57(67(69,70)71)61(77-53-37-21-13-29-45(53)65(5,6)46-30-14-22-38-54(46)77)62(78-55-39-23-15-31-47(55)66(7,8)48-32-16-24-40-56(48)78)58(68(72,73)74)60(59)76-51-35-19-11-27-43(51)64(3,4)44-28-12-20-36-52(44)76/h9-40H,1-8H3. The summed E-state index contributed by atoms with van der Waals surface area (Å²) in [4.78, 5) is 5.98. The molecule has 4 aliphatic heterocycles. The van der Waals surface area contributed by atoms with E-state index in [9.17, 15) is 0 Å². The molecule has 0 saturated heterocycles. The molecule has 4 nitrogen and oxygen atoms in total. The SMILES string of the molecule is CC1(C)c2ccccc2N(c2c(N3c4ccccc4C(C)(C)c4ccccc43)c(C(F)(F)F)c(N3c4ccccc4C(C)(C)c4ccccc43)c(N3c4ccccc4C(C)(C)c4ccccc43)c2C(F)(F)F)c2ccccc21. The van der Waals surface area contributed by atoms with Crippen LogP contribution < -0.4 is 19.6 Å². The van der Waals surface area contributed by atoms with Gasteiger partial charge in [0.05, 0.1) is 68.2 Å². The maximum absolute atomic E-state index is 18.6. The number of benzene rings is 9. The van der Waals surface area contributed by atoms with E-state index in [-0.39, 0.29) is 0 Å². The molecule has 0 N–H and O–H groups in total. The van der Waals surface area contributed by atoms with Gasteiger partial charge in [-0.2, -0.15) is 26.3 Å². The molecule has 9 aromatic rings. The molecule has 0 saturated carbocycles. The van der Waals surface area contributed by atoms with Gasteiger partial charge in [-0.3, -0.25) is 0 Å². The van der Waals surface area contributed by atoms with E-state index >= 15 is 26.3 Å². The van der Waals surface area contributed by atoms with Gasteiger partial charge in [0, 0.05) is 21.7 Å². The van der Waals surface area contributed by atoms with Gasteiger partial charge in [-0.25, -0.2) is 0 Å². The lowest BCUT2D eigenvalue weighted by atomic mass is 9.72. The molecule has 0 atom stereocenters. The number of hydrogen-bond donors (Lipinski definition) is 0. The van der Waals surface area contributed by atoms with Gasteiger partial charge in [0.1, 0.15) is 11.1 Å². The van der Waals surface area contributed by atoms with Crippen molar-refractivity contribution in [3.63, 3.8) is 0 Å². The Morgan fingerprint density at radius 2 is 0.359 bits per heavy atom. The molecular weight excluding hydrogens is 987 g/mol. The Kier molecular flexibility index (Phi) is 10.5. The highest BCUT2D eigenvalue weighted by atomic mass is 19.4. The summed E-state index contributed by atoms with van der Waals surface area (Å²) in [6.07, 6.45) is -10.7. The minimum atomic E-state index is -5.37. The highest BCUT2D eigenvalue weighted by Gasteiger charge is 2.56. The molecule has 0 fully saturated rings. The maximum Gasteiger partial charge on any atom is 0.420 e. The van der Waals surface area contributed by atoms with Gasteiger partial charge in [0.25, 0.3) is 0 Å². The van der Waals surface area contributed by atoms with E-state index in [1.165, 1.54) is 19.6 Å². The van der Waals surface area contributed by atoms with Gasteiger partial charge in [0.15, 0.2) is 0 Å². The Hall–Kier alpha value is -8.24. The zero-order valence-electron chi connectivity index (χ0n) is 44.5. The zero-order valence-corrected chi connectivity index (χ0v) is 44.5. The average Bonchev–Trinajstić information content (AvgIpc) is 2.08. The fourth-order valence-corrected chi connectivity index (χ4v) is 13.7. The molecule has 0 spiro atoms. The molecule has 4 heterocycles. The van der Waals surface area contributed by atoms with E-state index in [1.54, 1.807) is 97.1 Å². The topological polar surface area (TPSA) is 13.0 Å². The number of anilines is 12. The van der Waals surface area contributed by atoms with Gasteiger partial charge in [-0.1, -0.05) is 201 Å². The van der Waals surface area contributed by atoms with Crippen molar-refractivity contribution in [1.29, 1.82) is 0 Å². The first-order chi connectivity index (χ1) is 37.1. The second-order valence-corrected chi connectivity index (χ2v) is 23.1. The van der Waals surface area contributed by atoms with Crippen LogP contribution in [0.15, 0.2) is 194 Å². The highest BCUT2D eigenvalue weighted by Crippen LogP contribution is 2.70. The zero-order chi connectivity index (χ0) is 54.6. The smallest absolute Gasteiger partial charge is 0.307 e. The Labute approximate surface area is 451 Å². The lowest BCUT2D eigenvalue weighted by molar-refractivity contribution is -0.139. The maximum atomic E-state index is 18.6. The molecule has 9 aromatic carbocycles. The molecule has 0 aromatic heterocycles. The Bertz CT molecular complexity index is 3260.